The Hall–Kier alpha value is -3.55. The Labute approximate surface area is 175 Å². The zero-order valence-electron chi connectivity index (χ0n) is 17.0. The maximum Gasteiger partial charge on any atom is 0.324 e. The van der Waals surface area contributed by atoms with Crippen LogP contribution >= 0.6 is 0 Å². The molecule has 0 bridgehead atoms. The lowest BCUT2D eigenvalue weighted by atomic mass is 10.1. The second-order valence-electron chi connectivity index (χ2n) is 6.90. The van der Waals surface area contributed by atoms with Crippen molar-refractivity contribution in [3.8, 4) is 11.5 Å². The third kappa shape index (κ3) is 5.08. The number of hydrogen-bond acceptors (Lipinski definition) is 5. The van der Waals surface area contributed by atoms with E-state index >= 15 is 0 Å². The molecule has 158 valence electrons. The summed E-state index contributed by atoms with van der Waals surface area (Å²) in [6.07, 6.45) is 0.372. The van der Waals surface area contributed by atoms with E-state index in [-0.39, 0.29) is 18.9 Å². The number of rotatable bonds is 9. The SMILES string of the molecule is COc1ccc(CCN2C(=O)N[C@H](CC(=O)NCc3ccccc3)C2=O)cc1OC. The molecule has 2 aromatic rings. The Bertz CT molecular complexity index is 916. The van der Waals surface area contributed by atoms with Crippen molar-refractivity contribution in [2.45, 2.75) is 25.4 Å². The van der Waals surface area contributed by atoms with Gasteiger partial charge in [0, 0.05) is 13.1 Å². The Morgan fingerprint density at radius 3 is 2.47 bits per heavy atom. The number of amides is 4. The van der Waals surface area contributed by atoms with Gasteiger partial charge in [-0.2, -0.15) is 0 Å². The normalized spacial score (nSPS) is 15.7. The Morgan fingerprint density at radius 1 is 1.03 bits per heavy atom. The van der Waals surface area contributed by atoms with Crippen molar-refractivity contribution in [1.29, 1.82) is 0 Å². The fraction of sp³-hybridized carbons (Fsp3) is 0.318. The first-order valence-corrected chi connectivity index (χ1v) is 9.65. The van der Waals surface area contributed by atoms with Crippen LogP contribution in [0.4, 0.5) is 4.79 Å². The lowest BCUT2D eigenvalue weighted by molar-refractivity contribution is -0.130. The van der Waals surface area contributed by atoms with Gasteiger partial charge in [-0.3, -0.25) is 14.5 Å². The van der Waals surface area contributed by atoms with E-state index in [4.69, 9.17) is 9.47 Å². The van der Waals surface area contributed by atoms with E-state index < -0.39 is 18.0 Å². The summed E-state index contributed by atoms with van der Waals surface area (Å²) in [7, 11) is 3.10. The average Bonchev–Trinajstić information content (AvgIpc) is 3.03. The van der Waals surface area contributed by atoms with E-state index in [0.717, 1.165) is 16.0 Å². The van der Waals surface area contributed by atoms with E-state index in [2.05, 4.69) is 10.6 Å². The van der Waals surface area contributed by atoms with Gasteiger partial charge in [-0.15, -0.1) is 0 Å². The first-order chi connectivity index (χ1) is 14.5. The second kappa shape index (κ2) is 9.78. The number of carbonyl (C=O) groups excluding carboxylic acids is 3. The van der Waals surface area contributed by atoms with Gasteiger partial charge in [0.15, 0.2) is 11.5 Å². The molecule has 1 aliphatic heterocycles. The third-order valence-corrected chi connectivity index (χ3v) is 4.90. The van der Waals surface area contributed by atoms with Crippen LogP contribution in [0, 0.1) is 0 Å². The molecule has 2 N–H and O–H groups in total. The van der Waals surface area contributed by atoms with Crippen LogP contribution in [0.5, 0.6) is 11.5 Å². The Kier molecular flexibility index (Phi) is 6.90. The lowest BCUT2D eigenvalue weighted by Gasteiger charge is -2.14. The van der Waals surface area contributed by atoms with E-state index in [9.17, 15) is 14.4 Å². The number of ether oxygens (including phenoxy) is 2. The summed E-state index contributed by atoms with van der Waals surface area (Å²) in [6.45, 7) is 0.583. The van der Waals surface area contributed by atoms with Crippen LogP contribution in [0.15, 0.2) is 48.5 Å². The average molecular weight is 411 g/mol. The number of hydrogen-bond donors (Lipinski definition) is 2. The molecule has 30 heavy (non-hydrogen) atoms. The first-order valence-electron chi connectivity index (χ1n) is 9.65. The zero-order chi connectivity index (χ0) is 21.5. The van der Waals surface area contributed by atoms with Crippen LogP contribution in [-0.4, -0.2) is 49.6 Å². The summed E-state index contributed by atoms with van der Waals surface area (Å²) in [5, 5.41) is 5.36. The number of imide groups is 1. The molecule has 1 heterocycles. The van der Waals surface area contributed by atoms with Gasteiger partial charge >= 0.3 is 6.03 Å². The maximum atomic E-state index is 12.6. The molecule has 1 atom stereocenters. The largest absolute Gasteiger partial charge is 0.493 e. The van der Waals surface area contributed by atoms with Crippen molar-refractivity contribution in [2.75, 3.05) is 20.8 Å². The highest BCUT2D eigenvalue weighted by molar-refractivity contribution is 6.05. The smallest absolute Gasteiger partial charge is 0.324 e. The summed E-state index contributed by atoms with van der Waals surface area (Å²) in [4.78, 5) is 38.1. The first kappa shape index (κ1) is 21.2. The van der Waals surface area contributed by atoms with E-state index in [1.54, 1.807) is 20.3 Å². The van der Waals surface area contributed by atoms with Crippen molar-refractivity contribution < 1.29 is 23.9 Å². The molecular weight excluding hydrogens is 386 g/mol. The predicted octanol–water partition coefficient (Wildman–Crippen LogP) is 1.87. The van der Waals surface area contributed by atoms with Gasteiger partial charge in [-0.1, -0.05) is 36.4 Å². The minimum Gasteiger partial charge on any atom is -0.493 e. The van der Waals surface area contributed by atoms with Crippen molar-refractivity contribution in [1.82, 2.24) is 15.5 Å². The van der Waals surface area contributed by atoms with Crippen molar-refractivity contribution in [3.05, 3.63) is 59.7 Å². The van der Waals surface area contributed by atoms with Gasteiger partial charge in [-0.05, 0) is 29.7 Å². The summed E-state index contributed by atoms with van der Waals surface area (Å²) in [5.41, 5.74) is 1.86. The van der Waals surface area contributed by atoms with Gasteiger partial charge in [0.1, 0.15) is 6.04 Å². The monoisotopic (exact) mass is 411 g/mol. The van der Waals surface area contributed by atoms with Crippen LogP contribution in [-0.2, 0) is 22.6 Å². The highest BCUT2D eigenvalue weighted by Crippen LogP contribution is 2.27. The van der Waals surface area contributed by atoms with E-state index in [0.29, 0.717) is 24.5 Å². The minimum absolute atomic E-state index is 0.0930. The number of nitrogens with one attached hydrogen (secondary N) is 2. The molecule has 8 heteroatoms. The predicted molar refractivity (Wildman–Crippen MR) is 110 cm³/mol. The molecule has 1 aliphatic rings. The quantitative estimate of drug-likeness (QED) is 0.614. The Balaban J connectivity index is 1.52. The van der Waals surface area contributed by atoms with Crippen LogP contribution in [0.25, 0.3) is 0 Å². The maximum absolute atomic E-state index is 12.6. The summed E-state index contributed by atoms with van der Waals surface area (Å²) in [5.74, 6) is 0.507. The molecule has 4 amide bonds. The van der Waals surface area contributed by atoms with Gasteiger partial charge in [0.2, 0.25) is 5.91 Å². The molecule has 0 saturated carbocycles. The van der Waals surface area contributed by atoms with Gasteiger partial charge < -0.3 is 20.1 Å². The van der Waals surface area contributed by atoms with Crippen molar-refractivity contribution in [3.63, 3.8) is 0 Å². The molecule has 0 aromatic heterocycles. The molecule has 8 nitrogen and oxygen atoms in total. The topological polar surface area (TPSA) is 97.0 Å². The molecule has 1 fully saturated rings. The van der Waals surface area contributed by atoms with E-state index in [1.165, 1.54) is 0 Å². The molecule has 0 aliphatic carbocycles. The molecule has 1 saturated heterocycles. The fourth-order valence-electron chi connectivity index (χ4n) is 3.26. The second-order valence-corrected chi connectivity index (χ2v) is 6.90. The fourth-order valence-corrected chi connectivity index (χ4v) is 3.26. The molecule has 2 aromatic carbocycles. The highest BCUT2D eigenvalue weighted by Gasteiger charge is 2.38. The van der Waals surface area contributed by atoms with Crippen LogP contribution < -0.4 is 20.1 Å². The van der Waals surface area contributed by atoms with E-state index in [1.807, 2.05) is 42.5 Å². The summed E-state index contributed by atoms with van der Waals surface area (Å²) >= 11 is 0. The highest BCUT2D eigenvalue weighted by atomic mass is 16.5. The molecule has 0 unspecified atom stereocenters. The third-order valence-electron chi connectivity index (χ3n) is 4.90. The summed E-state index contributed by atoms with van der Waals surface area (Å²) in [6, 6.07) is 13.6. The van der Waals surface area contributed by atoms with Gasteiger partial charge in [0.25, 0.3) is 5.91 Å². The van der Waals surface area contributed by atoms with Crippen molar-refractivity contribution in [2.24, 2.45) is 0 Å². The summed E-state index contributed by atoms with van der Waals surface area (Å²) < 4.78 is 10.5. The zero-order valence-corrected chi connectivity index (χ0v) is 17.0. The van der Waals surface area contributed by atoms with Gasteiger partial charge in [0.05, 0.1) is 20.6 Å². The Morgan fingerprint density at radius 2 is 1.77 bits per heavy atom. The molecular formula is C22H25N3O5. The molecule has 0 spiro atoms. The number of carbonyl (C=O) groups is 3. The van der Waals surface area contributed by atoms with Gasteiger partial charge in [-0.25, -0.2) is 4.79 Å². The number of benzene rings is 2. The van der Waals surface area contributed by atoms with Crippen LogP contribution in [0.1, 0.15) is 17.5 Å². The van der Waals surface area contributed by atoms with Crippen LogP contribution in [0.3, 0.4) is 0 Å². The standard InChI is InChI=1S/C22H25N3O5/c1-29-18-9-8-15(12-19(18)30-2)10-11-25-21(27)17(24-22(25)28)13-20(26)23-14-16-6-4-3-5-7-16/h3-9,12,17H,10-11,13-14H2,1-2H3,(H,23,26)(H,24,28)/t17-/m1/s1. The number of urea groups is 1. The number of nitrogens with zero attached hydrogens (tertiary/aromatic N) is 1. The molecule has 3 rings (SSSR count). The lowest BCUT2D eigenvalue weighted by Crippen LogP contribution is -2.36. The minimum atomic E-state index is -0.848. The molecule has 0 radical (unpaired) electrons. The number of methoxy groups -OCH3 is 2. The van der Waals surface area contributed by atoms with Crippen molar-refractivity contribution >= 4 is 17.8 Å². The van der Waals surface area contributed by atoms with Crippen LogP contribution in [0.2, 0.25) is 0 Å².